The number of hydrogen-bond donors (Lipinski definition) is 5. The number of rotatable bonds is 15. The van der Waals surface area contributed by atoms with Gasteiger partial charge < -0.3 is 27.4 Å². The van der Waals surface area contributed by atoms with Gasteiger partial charge in [0.1, 0.15) is 16.7 Å². The van der Waals surface area contributed by atoms with Crippen LogP contribution >= 0.6 is 0 Å². The molecule has 2 fully saturated rings. The maximum atomic E-state index is 6.44. The van der Waals surface area contributed by atoms with Crippen molar-refractivity contribution in [1.82, 2.24) is 10.3 Å². The van der Waals surface area contributed by atoms with Crippen molar-refractivity contribution < 1.29 is 9.88 Å². The van der Waals surface area contributed by atoms with E-state index in [1.807, 2.05) is 0 Å². The second-order valence-electron chi connectivity index (χ2n) is 17.2. The van der Waals surface area contributed by atoms with E-state index in [2.05, 4.69) is 96.8 Å². The maximum Gasteiger partial charge on any atom is 0.234 e. The number of nitrogen functional groups attached to an aromatic ring is 2. The first-order valence-electron chi connectivity index (χ1n) is 22.0. The smallest absolute Gasteiger partial charge is 0.234 e. The predicted octanol–water partition coefficient (Wildman–Crippen LogP) is 10.1. The summed E-state index contributed by atoms with van der Waals surface area (Å²) < 4.78 is 2.57. The number of nitrogens with one attached hydrogen (secondary N) is 2. The van der Waals surface area contributed by atoms with Gasteiger partial charge in [-0.05, 0) is 126 Å². The molecule has 2 saturated carbocycles. The van der Waals surface area contributed by atoms with Crippen LogP contribution in [0.3, 0.4) is 0 Å². The van der Waals surface area contributed by atoms with E-state index in [0.717, 1.165) is 64.4 Å². The van der Waals surface area contributed by atoms with Crippen LogP contribution in [0, 0.1) is 20.8 Å². The van der Waals surface area contributed by atoms with E-state index < -0.39 is 0 Å². The average molecular weight is 757 g/mol. The standard InChI is InChI=1S/C48H66N8/c1-32-26-43(44(29-39(32)49)53-36-17-11-9-12-18-36)54-37-21-22-41(34(3)25-37)51-23-15-7-5-6-8-16-24-52-42-31-48-46(28-35(42)4)55-45-27-33(2)40(50)30-47(45)56(48)38-19-13-10-14-20-38/h22,25-31,36,38,51,53H,5-21,23-24,49H2,1-4H3,(H2,50,52)/p+2. The predicted molar refractivity (Wildman–Crippen MR) is 237 cm³/mol. The number of aryl methyl sites for hydroxylation is 3. The fourth-order valence-corrected chi connectivity index (χ4v) is 9.24. The number of nitrogens with zero attached hydrogens (tertiary/aromatic N) is 3. The first kappa shape index (κ1) is 39.8. The monoisotopic (exact) mass is 757 g/mol. The zero-order valence-electron chi connectivity index (χ0n) is 34.8. The van der Waals surface area contributed by atoms with Crippen LogP contribution in [-0.4, -0.2) is 29.8 Å². The van der Waals surface area contributed by atoms with E-state index in [1.54, 1.807) is 0 Å². The number of nitrogens with two attached hydrogens (primary N) is 3. The van der Waals surface area contributed by atoms with E-state index in [9.17, 15) is 0 Å². The van der Waals surface area contributed by atoms with Crippen LogP contribution in [0.2, 0.25) is 0 Å². The maximum absolute atomic E-state index is 6.44. The zero-order chi connectivity index (χ0) is 39.0. The van der Waals surface area contributed by atoms with E-state index in [-0.39, 0.29) is 0 Å². The van der Waals surface area contributed by atoms with Gasteiger partial charge in [0.2, 0.25) is 11.0 Å². The van der Waals surface area contributed by atoms with Crippen molar-refractivity contribution >= 4 is 56.2 Å². The topological polar surface area (TPSA) is 122 Å². The summed E-state index contributed by atoms with van der Waals surface area (Å²) in [6.07, 6.45) is 25.8. The molecule has 0 amide bonds. The molecule has 0 aliphatic heterocycles. The lowest BCUT2D eigenvalue weighted by Crippen LogP contribution is -2.84. The van der Waals surface area contributed by atoms with Crippen LogP contribution in [0.4, 0.5) is 28.4 Å². The van der Waals surface area contributed by atoms with Crippen molar-refractivity contribution in [3.63, 3.8) is 0 Å². The number of aromatic nitrogens is 2. The Balaban J connectivity index is 0.849. The van der Waals surface area contributed by atoms with Gasteiger partial charge in [-0.2, -0.15) is 4.57 Å². The lowest BCUT2D eigenvalue weighted by Gasteiger charge is -2.21. The molecule has 0 radical (unpaired) electrons. The van der Waals surface area contributed by atoms with Crippen LogP contribution in [0.15, 0.2) is 64.8 Å². The summed E-state index contributed by atoms with van der Waals surface area (Å²) in [5.41, 5.74) is 29.6. The Morgan fingerprint density at radius 3 is 2.02 bits per heavy atom. The molecule has 7 rings (SSSR count). The number of anilines is 3. The van der Waals surface area contributed by atoms with Crippen molar-refractivity contribution in [3.05, 3.63) is 76.5 Å². The molecule has 298 valence electrons. The minimum atomic E-state index is 0.491. The van der Waals surface area contributed by atoms with Gasteiger partial charge in [-0.25, -0.2) is 9.98 Å². The number of quaternary nitrogens is 1. The van der Waals surface area contributed by atoms with Crippen molar-refractivity contribution in [1.29, 1.82) is 0 Å². The van der Waals surface area contributed by atoms with Gasteiger partial charge >= 0.3 is 0 Å². The Labute approximate surface area is 335 Å². The van der Waals surface area contributed by atoms with Gasteiger partial charge in [0.25, 0.3) is 0 Å². The largest absolute Gasteiger partial charge is 0.398 e. The van der Waals surface area contributed by atoms with E-state index in [4.69, 9.17) is 21.4 Å². The van der Waals surface area contributed by atoms with Crippen LogP contribution < -0.4 is 32.0 Å². The molecular weight excluding hydrogens is 689 g/mol. The molecule has 8 N–H and O–H groups in total. The Morgan fingerprint density at radius 1 is 0.696 bits per heavy atom. The highest BCUT2D eigenvalue weighted by atomic mass is 15.0. The fourth-order valence-electron chi connectivity index (χ4n) is 9.24. The lowest BCUT2D eigenvalue weighted by molar-refractivity contribution is -0.677. The third kappa shape index (κ3) is 9.74. The summed E-state index contributed by atoms with van der Waals surface area (Å²) >= 11 is 0. The van der Waals surface area contributed by atoms with E-state index in [0.29, 0.717) is 12.1 Å². The molecule has 56 heavy (non-hydrogen) atoms. The molecule has 0 saturated heterocycles. The number of aliphatic imine (C=N–C) groups is 1. The number of benzene rings is 3. The molecule has 3 aromatic carbocycles. The summed E-state index contributed by atoms with van der Waals surface area (Å²) in [6.45, 7) is 10.6. The molecule has 3 aliphatic carbocycles. The Hall–Kier alpha value is -4.43. The van der Waals surface area contributed by atoms with Crippen LogP contribution in [0.5, 0.6) is 0 Å². The Kier molecular flexibility index (Phi) is 13.3. The van der Waals surface area contributed by atoms with Crippen molar-refractivity contribution in [3.8, 4) is 0 Å². The highest BCUT2D eigenvalue weighted by Gasteiger charge is 2.29. The minimum Gasteiger partial charge on any atom is -0.398 e. The molecule has 1 aromatic heterocycles. The Bertz CT molecular complexity index is 2100. The third-order valence-electron chi connectivity index (χ3n) is 12.7. The summed E-state index contributed by atoms with van der Waals surface area (Å²) in [5, 5.41) is 9.94. The van der Waals surface area contributed by atoms with Crippen molar-refractivity contribution in [2.45, 2.75) is 149 Å². The summed E-state index contributed by atoms with van der Waals surface area (Å²) in [5.74, 6) is 0. The van der Waals surface area contributed by atoms with Crippen LogP contribution in [0.25, 0.3) is 22.1 Å². The van der Waals surface area contributed by atoms with E-state index in [1.165, 1.54) is 142 Å². The summed E-state index contributed by atoms with van der Waals surface area (Å²) in [4.78, 5) is 10.3. The molecule has 0 spiro atoms. The molecule has 4 aromatic rings. The molecule has 0 atom stereocenters. The zero-order valence-corrected chi connectivity index (χ0v) is 34.8. The third-order valence-corrected chi connectivity index (χ3v) is 12.7. The summed E-state index contributed by atoms with van der Waals surface area (Å²) in [6, 6.07) is 14.4. The van der Waals surface area contributed by atoms with Gasteiger partial charge in [-0.15, -0.1) is 0 Å². The molecule has 0 unspecified atom stereocenters. The quantitative estimate of drug-likeness (QED) is 0.0358. The van der Waals surface area contributed by atoms with E-state index >= 15 is 0 Å². The molecule has 8 heteroatoms. The Morgan fingerprint density at radius 2 is 1.30 bits per heavy atom. The molecular formula is C48H68N8+2. The number of unbranched alkanes of at least 4 members (excludes halogenated alkanes) is 5. The first-order chi connectivity index (χ1) is 27.2. The lowest BCUT2D eigenvalue weighted by atomic mass is 9.94. The van der Waals surface area contributed by atoms with Gasteiger partial charge in [-0.3, -0.25) is 0 Å². The number of fused-ring (bicyclic) bond motifs is 2. The van der Waals surface area contributed by atoms with Crippen LogP contribution in [0.1, 0.15) is 139 Å². The van der Waals surface area contributed by atoms with Gasteiger partial charge in [-0.1, -0.05) is 44.6 Å². The van der Waals surface area contributed by atoms with Crippen molar-refractivity contribution in [2.75, 3.05) is 29.9 Å². The van der Waals surface area contributed by atoms with Crippen molar-refractivity contribution in [2.24, 2.45) is 4.99 Å². The fraction of sp³-hybridized carbons (Fsp3) is 0.521. The van der Waals surface area contributed by atoms with Gasteiger partial charge in [0.05, 0.1) is 6.04 Å². The highest BCUT2D eigenvalue weighted by Crippen LogP contribution is 2.32. The summed E-state index contributed by atoms with van der Waals surface area (Å²) in [7, 11) is 0. The molecule has 1 heterocycles. The SMILES string of the molecule is CC1=CC(=Nc2cc(C)c(N)cc2[NH2+]C2CCCCC2)CC=C1NCCCCCCCCNc1cc2c(cc1C)nc1cc(C)c(N)cc1[n+]2C1CCCCC1. The number of allylic oxidation sites excluding steroid dienone is 3. The van der Waals surface area contributed by atoms with Gasteiger partial charge in [0.15, 0.2) is 11.7 Å². The second kappa shape index (κ2) is 18.7. The number of hydrogen-bond acceptors (Lipinski definition) is 6. The molecule has 8 nitrogen and oxygen atoms in total. The first-order valence-corrected chi connectivity index (χ1v) is 22.0. The minimum absolute atomic E-state index is 0.491. The van der Waals surface area contributed by atoms with Crippen LogP contribution in [-0.2, 0) is 0 Å². The second-order valence-corrected chi connectivity index (χ2v) is 17.2. The molecule has 3 aliphatic rings. The molecule has 0 bridgehead atoms. The highest BCUT2D eigenvalue weighted by molar-refractivity contribution is 6.00. The van der Waals surface area contributed by atoms with Gasteiger partial charge in [0, 0.05) is 79.0 Å². The average Bonchev–Trinajstić information content (AvgIpc) is 3.19. The normalized spacial score (nSPS) is 17.8.